The minimum atomic E-state index is -3.72. The molecule has 1 atom stereocenters. The second-order valence-electron chi connectivity index (χ2n) is 4.13. The molecule has 7 heteroatoms. The Hall–Kier alpha value is -1.50. The first-order chi connectivity index (χ1) is 8.76. The quantitative estimate of drug-likeness (QED) is 0.777. The summed E-state index contributed by atoms with van der Waals surface area (Å²) < 4.78 is 54.3. The third-order valence-corrected chi connectivity index (χ3v) is 4.77. The van der Waals surface area contributed by atoms with Crippen molar-refractivity contribution in [3.05, 3.63) is 35.4 Å². The van der Waals surface area contributed by atoms with E-state index in [-0.39, 0.29) is 12.0 Å². The molecular weight excluding hydrogens is 278 g/mol. The van der Waals surface area contributed by atoms with Crippen LogP contribution in [-0.4, -0.2) is 26.7 Å². The van der Waals surface area contributed by atoms with Crippen LogP contribution in [0.3, 0.4) is 0 Å². The molecule has 0 heterocycles. The summed E-state index contributed by atoms with van der Waals surface area (Å²) in [5, 5.41) is -0.996. The summed E-state index contributed by atoms with van der Waals surface area (Å²) in [6.07, 6.45) is -0.304. The summed E-state index contributed by atoms with van der Waals surface area (Å²) in [4.78, 5) is 11.0. The van der Waals surface area contributed by atoms with Crippen molar-refractivity contribution in [3.8, 4) is 0 Å². The molecule has 0 amide bonds. The smallest absolute Gasteiger partial charge is 0.306 e. The van der Waals surface area contributed by atoms with Gasteiger partial charge in [-0.3, -0.25) is 4.79 Å². The maximum absolute atomic E-state index is 13.4. The number of sulfone groups is 1. The first-order valence-corrected chi connectivity index (χ1v) is 7.20. The van der Waals surface area contributed by atoms with E-state index in [0.717, 1.165) is 19.2 Å². The molecule has 4 nitrogen and oxygen atoms in total. The fourth-order valence-electron chi connectivity index (χ4n) is 1.44. The molecule has 0 spiro atoms. The van der Waals surface area contributed by atoms with Crippen LogP contribution >= 0.6 is 0 Å². The number of benzene rings is 1. The van der Waals surface area contributed by atoms with Gasteiger partial charge in [-0.1, -0.05) is 6.07 Å². The van der Waals surface area contributed by atoms with E-state index in [1.165, 1.54) is 6.92 Å². The molecule has 1 aromatic carbocycles. The summed E-state index contributed by atoms with van der Waals surface area (Å²) >= 11 is 0. The summed E-state index contributed by atoms with van der Waals surface area (Å²) in [6.45, 7) is 1.34. The largest absolute Gasteiger partial charge is 0.469 e. The van der Waals surface area contributed by atoms with Gasteiger partial charge in [0.2, 0.25) is 0 Å². The van der Waals surface area contributed by atoms with Crippen molar-refractivity contribution >= 4 is 15.8 Å². The van der Waals surface area contributed by atoms with E-state index in [4.69, 9.17) is 0 Å². The monoisotopic (exact) mass is 292 g/mol. The van der Waals surface area contributed by atoms with Crippen molar-refractivity contribution in [2.75, 3.05) is 7.11 Å². The maximum atomic E-state index is 13.4. The Bertz CT molecular complexity index is 569. The van der Waals surface area contributed by atoms with E-state index in [1.807, 2.05) is 0 Å². The van der Waals surface area contributed by atoms with Crippen LogP contribution in [0.4, 0.5) is 8.78 Å². The Balaban J connectivity index is 2.87. The molecule has 0 aliphatic rings. The average Bonchev–Trinajstić information content (AvgIpc) is 2.32. The zero-order valence-corrected chi connectivity index (χ0v) is 11.3. The first-order valence-electron chi connectivity index (χ1n) is 5.48. The van der Waals surface area contributed by atoms with Gasteiger partial charge in [-0.25, -0.2) is 17.2 Å². The van der Waals surface area contributed by atoms with Crippen LogP contribution in [0.25, 0.3) is 0 Å². The normalized spacial score (nSPS) is 13.1. The molecule has 106 valence electrons. The Morgan fingerprint density at radius 1 is 1.37 bits per heavy atom. The molecule has 0 aliphatic heterocycles. The Labute approximate surface area is 110 Å². The summed E-state index contributed by atoms with van der Waals surface area (Å²) in [5.74, 6) is -2.94. The van der Waals surface area contributed by atoms with E-state index < -0.39 is 38.4 Å². The highest BCUT2D eigenvalue weighted by molar-refractivity contribution is 7.91. The van der Waals surface area contributed by atoms with Gasteiger partial charge in [0.15, 0.2) is 9.84 Å². The molecule has 0 bridgehead atoms. The van der Waals surface area contributed by atoms with Crippen LogP contribution in [0, 0.1) is 11.6 Å². The second kappa shape index (κ2) is 6.10. The molecule has 0 radical (unpaired) electrons. The van der Waals surface area contributed by atoms with Crippen molar-refractivity contribution in [3.63, 3.8) is 0 Å². The molecule has 0 aromatic heterocycles. The van der Waals surface area contributed by atoms with Gasteiger partial charge in [0.25, 0.3) is 0 Å². The zero-order chi connectivity index (χ0) is 14.6. The number of carbonyl (C=O) groups excluding carboxylic acids is 1. The van der Waals surface area contributed by atoms with Gasteiger partial charge in [-0.05, 0) is 13.0 Å². The van der Waals surface area contributed by atoms with E-state index in [0.29, 0.717) is 6.07 Å². The third kappa shape index (κ3) is 4.27. The number of methoxy groups -OCH3 is 1. The van der Waals surface area contributed by atoms with Crippen LogP contribution in [-0.2, 0) is 25.1 Å². The van der Waals surface area contributed by atoms with Crippen molar-refractivity contribution in [2.24, 2.45) is 0 Å². The number of rotatable bonds is 5. The average molecular weight is 292 g/mol. The first kappa shape index (κ1) is 15.6. The third-order valence-electron chi connectivity index (χ3n) is 2.67. The lowest BCUT2D eigenvalue weighted by Crippen LogP contribution is -2.24. The Morgan fingerprint density at radius 3 is 2.53 bits per heavy atom. The van der Waals surface area contributed by atoms with Crippen LogP contribution < -0.4 is 0 Å². The lowest BCUT2D eigenvalue weighted by atomic mass is 10.2. The van der Waals surface area contributed by atoms with Gasteiger partial charge in [-0.2, -0.15) is 0 Å². The van der Waals surface area contributed by atoms with Crippen molar-refractivity contribution in [2.45, 2.75) is 24.3 Å². The molecule has 1 aromatic rings. The number of halogens is 2. The highest BCUT2D eigenvalue weighted by atomic mass is 32.2. The van der Waals surface area contributed by atoms with Crippen LogP contribution in [0.2, 0.25) is 0 Å². The predicted octanol–water partition coefficient (Wildman–Crippen LogP) is 1.83. The molecule has 1 unspecified atom stereocenters. The molecule has 0 fully saturated rings. The standard InChI is InChI=1S/C12H14F2O4S/c1-8(5-12(15)18-2)19(16,17)7-9-3-4-10(13)6-11(9)14/h3-4,6,8H,5,7H2,1-2H3. The molecule has 0 N–H and O–H groups in total. The topological polar surface area (TPSA) is 60.4 Å². The summed E-state index contributed by atoms with van der Waals surface area (Å²) in [5.41, 5.74) is -0.127. The molecule has 1 rings (SSSR count). The second-order valence-corrected chi connectivity index (χ2v) is 6.55. The van der Waals surface area contributed by atoms with Gasteiger partial charge in [0, 0.05) is 11.6 Å². The van der Waals surface area contributed by atoms with Crippen molar-refractivity contribution in [1.29, 1.82) is 0 Å². The minimum absolute atomic E-state index is 0.127. The number of hydrogen-bond acceptors (Lipinski definition) is 4. The van der Waals surface area contributed by atoms with Crippen LogP contribution in [0.5, 0.6) is 0 Å². The summed E-state index contributed by atoms with van der Waals surface area (Å²) in [7, 11) is -2.56. The van der Waals surface area contributed by atoms with E-state index >= 15 is 0 Å². The fourth-order valence-corrected chi connectivity index (χ4v) is 2.78. The minimum Gasteiger partial charge on any atom is -0.469 e. The summed E-state index contributed by atoms with van der Waals surface area (Å²) in [6, 6.07) is 2.68. The van der Waals surface area contributed by atoms with Gasteiger partial charge in [0.1, 0.15) is 11.6 Å². The lowest BCUT2D eigenvalue weighted by Gasteiger charge is -2.12. The number of esters is 1. The van der Waals surface area contributed by atoms with Crippen LogP contribution in [0.15, 0.2) is 18.2 Å². The van der Waals surface area contributed by atoms with Crippen molar-refractivity contribution in [1.82, 2.24) is 0 Å². The molecule has 0 saturated carbocycles. The van der Waals surface area contributed by atoms with Crippen molar-refractivity contribution < 1.29 is 26.7 Å². The Morgan fingerprint density at radius 2 is 2.00 bits per heavy atom. The van der Waals surface area contributed by atoms with Crippen LogP contribution in [0.1, 0.15) is 18.9 Å². The SMILES string of the molecule is COC(=O)CC(C)S(=O)(=O)Cc1ccc(F)cc1F. The van der Waals surface area contributed by atoms with E-state index in [2.05, 4.69) is 4.74 Å². The predicted molar refractivity (Wildman–Crippen MR) is 65.1 cm³/mol. The van der Waals surface area contributed by atoms with Gasteiger partial charge in [-0.15, -0.1) is 0 Å². The van der Waals surface area contributed by atoms with E-state index in [9.17, 15) is 22.0 Å². The highest BCUT2D eigenvalue weighted by Crippen LogP contribution is 2.17. The molecule has 0 saturated heterocycles. The zero-order valence-electron chi connectivity index (χ0n) is 10.5. The van der Waals surface area contributed by atoms with Gasteiger partial charge < -0.3 is 4.74 Å². The number of carbonyl (C=O) groups is 1. The highest BCUT2D eigenvalue weighted by Gasteiger charge is 2.25. The van der Waals surface area contributed by atoms with Gasteiger partial charge >= 0.3 is 5.97 Å². The van der Waals surface area contributed by atoms with Gasteiger partial charge in [0.05, 0.1) is 24.5 Å². The number of hydrogen-bond donors (Lipinski definition) is 0. The number of ether oxygens (including phenoxy) is 1. The Kier molecular flexibility index (Phi) is 4.99. The van der Waals surface area contributed by atoms with E-state index in [1.54, 1.807) is 0 Å². The fraction of sp³-hybridized carbons (Fsp3) is 0.417. The lowest BCUT2D eigenvalue weighted by molar-refractivity contribution is -0.140. The molecular formula is C12H14F2O4S. The molecule has 0 aliphatic carbocycles. The molecule has 19 heavy (non-hydrogen) atoms. The maximum Gasteiger partial charge on any atom is 0.306 e.